The summed E-state index contributed by atoms with van der Waals surface area (Å²) in [6.45, 7) is 7.29. The monoisotopic (exact) mass is 301 g/mol. The Balaban J connectivity index is 2.01. The highest BCUT2D eigenvalue weighted by Crippen LogP contribution is 2.20. The highest BCUT2D eigenvalue weighted by Gasteiger charge is 2.22. The van der Waals surface area contributed by atoms with Crippen molar-refractivity contribution in [2.24, 2.45) is 0 Å². The molecule has 0 bridgehead atoms. The molecule has 4 heteroatoms. The summed E-state index contributed by atoms with van der Waals surface area (Å²) in [6, 6.07) is 9.39. The average Bonchev–Trinajstić information content (AvgIpc) is 2.73. The number of aryl methyl sites for hydroxylation is 2. The molecule has 118 valence electrons. The third-order valence-electron chi connectivity index (χ3n) is 4.01. The molecule has 2 N–H and O–H groups in total. The molecular weight excluding hydrogens is 278 g/mol. The second-order valence-electron chi connectivity index (χ2n) is 5.73. The molecule has 1 amide bonds. The van der Waals surface area contributed by atoms with E-state index in [0.29, 0.717) is 17.7 Å². The Hall–Kier alpha value is -2.07. The van der Waals surface area contributed by atoms with Gasteiger partial charge in [0.2, 0.25) is 0 Å². The van der Waals surface area contributed by atoms with Crippen LogP contribution in [0.1, 0.15) is 39.9 Å². The summed E-state index contributed by atoms with van der Waals surface area (Å²) in [5.41, 5.74) is 2.46. The minimum absolute atomic E-state index is 0.202. The van der Waals surface area contributed by atoms with Crippen LogP contribution in [0.25, 0.3) is 0 Å². The summed E-state index contributed by atoms with van der Waals surface area (Å²) in [7, 11) is 0. The highest BCUT2D eigenvalue weighted by molar-refractivity contribution is 5.97. The summed E-state index contributed by atoms with van der Waals surface area (Å²) in [6.07, 6.45) is -0.134. The number of carbonyl (C=O) groups excluding carboxylic acids is 1. The zero-order chi connectivity index (χ0) is 16.3. The van der Waals surface area contributed by atoms with Crippen LogP contribution in [0.4, 0.5) is 0 Å². The highest BCUT2D eigenvalue weighted by atomic mass is 16.3. The van der Waals surface area contributed by atoms with Crippen LogP contribution in [0, 0.1) is 20.8 Å². The fourth-order valence-corrected chi connectivity index (χ4v) is 2.53. The first-order valence-corrected chi connectivity index (χ1v) is 7.49. The van der Waals surface area contributed by atoms with Gasteiger partial charge in [-0.2, -0.15) is 0 Å². The van der Waals surface area contributed by atoms with Crippen molar-refractivity contribution in [3.63, 3.8) is 0 Å². The van der Waals surface area contributed by atoms with Gasteiger partial charge < -0.3 is 14.8 Å². The van der Waals surface area contributed by atoms with Gasteiger partial charge in [-0.3, -0.25) is 4.79 Å². The topological polar surface area (TPSA) is 62.5 Å². The van der Waals surface area contributed by atoms with Crippen molar-refractivity contribution in [3.8, 4) is 0 Å². The standard InChI is InChI=1S/C18H23NO3/c1-11-13(3)22-14(4)17(11)18(21)19-12(2)16(20)10-15-8-6-5-7-9-15/h5-9,12,16,20H,10H2,1-4H3,(H,19,21). The lowest BCUT2D eigenvalue weighted by atomic mass is 10.0. The Kier molecular flexibility index (Phi) is 5.03. The number of aliphatic hydroxyl groups is 1. The fourth-order valence-electron chi connectivity index (χ4n) is 2.53. The van der Waals surface area contributed by atoms with Gasteiger partial charge in [0.15, 0.2) is 0 Å². The van der Waals surface area contributed by atoms with Crippen LogP contribution in [0.3, 0.4) is 0 Å². The third kappa shape index (κ3) is 3.57. The summed E-state index contributed by atoms with van der Waals surface area (Å²) in [5, 5.41) is 13.1. The lowest BCUT2D eigenvalue weighted by molar-refractivity contribution is 0.0850. The van der Waals surface area contributed by atoms with Crippen molar-refractivity contribution in [1.82, 2.24) is 5.32 Å². The van der Waals surface area contributed by atoms with E-state index in [9.17, 15) is 9.90 Å². The van der Waals surface area contributed by atoms with E-state index in [-0.39, 0.29) is 11.9 Å². The molecule has 0 fully saturated rings. The summed E-state index contributed by atoms with van der Waals surface area (Å²) in [5.74, 6) is 1.16. The molecule has 0 saturated heterocycles. The lowest BCUT2D eigenvalue weighted by Crippen LogP contribution is -2.42. The van der Waals surface area contributed by atoms with E-state index in [1.54, 1.807) is 6.92 Å². The van der Waals surface area contributed by atoms with Crippen molar-refractivity contribution >= 4 is 5.91 Å². The zero-order valence-corrected chi connectivity index (χ0v) is 13.5. The maximum absolute atomic E-state index is 12.4. The van der Waals surface area contributed by atoms with Crippen LogP contribution in [0.15, 0.2) is 34.7 Å². The third-order valence-corrected chi connectivity index (χ3v) is 4.01. The van der Waals surface area contributed by atoms with Gasteiger partial charge in [0.05, 0.1) is 17.7 Å². The van der Waals surface area contributed by atoms with Crippen LogP contribution in [0.5, 0.6) is 0 Å². The number of aliphatic hydroxyl groups excluding tert-OH is 1. The molecule has 0 spiro atoms. The van der Waals surface area contributed by atoms with Crippen LogP contribution in [-0.4, -0.2) is 23.2 Å². The van der Waals surface area contributed by atoms with Crippen LogP contribution >= 0.6 is 0 Å². The van der Waals surface area contributed by atoms with Gasteiger partial charge in [-0.05, 0) is 33.3 Å². The molecule has 0 aliphatic heterocycles. The van der Waals surface area contributed by atoms with Crippen LogP contribution in [0.2, 0.25) is 0 Å². The van der Waals surface area contributed by atoms with Crippen molar-refractivity contribution in [3.05, 3.63) is 58.5 Å². The smallest absolute Gasteiger partial charge is 0.255 e. The molecule has 0 aliphatic rings. The van der Waals surface area contributed by atoms with E-state index in [0.717, 1.165) is 16.9 Å². The molecular formula is C18H23NO3. The number of carbonyl (C=O) groups is 1. The Bertz CT molecular complexity index is 646. The number of hydrogen-bond donors (Lipinski definition) is 2. The summed E-state index contributed by atoms with van der Waals surface area (Å²) < 4.78 is 5.48. The van der Waals surface area contributed by atoms with Crippen molar-refractivity contribution in [1.29, 1.82) is 0 Å². The molecule has 0 radical (unpaired) electrons. The molecule has 1 aromatic carbocycles. The van der Waals surface area contributed by atoms with Gasteiger partial charge in [-0.25, -0.2) is 0 Å². The van der Waals surface area contributed by atoms with E-state index in [2.05, 4.69) is 5.32 Å². The molecule has 4 nitrogen and oxygen atoms in total. The van der Waals surface area contributed by atoms with Gasteiger partial charge in [-0.1, -0.05) is 30.3 Å². The normalized spacial score (nSPS) is 13.7. The van der Waals surface area contributed by atoms with E-state index < -0.39 is 6.10 Å². The van der Waals surface area contributed by atoms with Gasteiger partial charge in [-0.15, -0.1) is 0 Å². The molecule has 0 aliphatic carbocycles. The summed E-state index contributed by atoms with van der Waals surface area (Å²) >= 11 is 0. The number of furan rings is 1. The first-order chi connectivity index (χ1) is 10.4. The molecule has 1 aromatic heterocycles. The zero-order valence-electron chi connectivity index (χ0n) is 13.5. The average molecular weight is 301 g/mol. The summed E-state index contributed by atoms with van der Waals surface area (Å²) in [4.78, 5) is 12.4. The number of benzene rings is 1. The van der Waals surface area contributed by atoms with Gasteiger partial charge in [0.1, 0.15) is 11.5 Å². The second-order valence-corrected chi connectivity index (χ2v) is 5.73. The first kappa shape index (κ1) is 16.3. The predicted octanol–water partition coefficient (Wildman–Crippen LogP) is 2.93. The Morgan fingerprint density at radius 2 is 1.82 bits per heavy atom. The number of hydrogen-bond acceptors (Lipinski definition) is 3. The Labute approximate surface area is 131 Å². The maximum atomic E-state index is 12.4. The fraction of sp³-hybridized carbons (Fsp3) is 0.389. The van der Waals surface area contributed by atoms with Gasteiger partial charge in [0, 0.05) is 12.0 Å². The van der Waals surface area contributed by atoms with E-state index in [1.165, 1.54) is 0 Å². The number of rotatable bonds is 5. The largest absolute Gasteiger partial charge is 0.466 e. The molecule has 22 heavy (non-hydrogen) atoms. The number of amides is 1. The molecule has 2 atom stereocenters. The SMILES string of the molecule is Cc1oc(C)c(C(=O)NC(C)C(O)Cc2ccccc2)c1C. The minimum Gasteiger partial charge on any atom is -0.466 e. The lowest BCUT2D eigenvalue weighted by Gasteiger charge is -2.20. The van der Waals surface area contributed by atoms with Crippen molar-refractivity contribution in [2.45, 2.75) is 46.3 Å². The number of nitrogens with one attached hydrogen (secondary N) is 1. The molecule has 2 unspecified atom stereocenters. The quantitative estimate of drug-likeness (QED) is 0.892. The molecule has 1 heterocycles. The Morgan fingerprint density at radius 3 is 2.36 bits per heavy atom. The van der Waals surface area contributed by atoms with Crippen molar-refractivity contribution < 1.29 is 14.3 Å². The first-order valence-electron chi connectivity index (χ1n) is 7.49. The maximum Gasteiger partial charge on any atom is 0.255 e. The van der Waals surface area contributed by atoms with E-state index in [1.807, 2.05) is 51.1 Å². The second kappa shape index (κ2) is 6.79. The molecule has 2 aromatic rings. The van der Waals surface area contributed by atoms with Gasteiger partial charge >= 0.3 is 0 Å². The van der Waals surface area contributed by atoms with Gasteiger partial charge in [0.25, 0.3) is 5.91 Å². The van der Waals surface area contributed by atoms with Crippen molar-refractivity contribution in [2.75, 3.05) is 0 Å². The molecule has 2 rings (SSSR count). The van der Waals surface area contributed by atoms with E-state index >= 15 is 0 Å². The predicted molar refractivity (Wildman–Crippen MR) is 86.0 cm³/mol. The van der Waals surface area contributed by atoms with Crippen LogP contribution < -0.4 is 5.32 Å². The van der Waals surface area contributed by atoms with E-state index in [4.69, 9.17) is 4.42 Å². The van der Waals surface area contributed by atoms with Crippen LogP contribution in [-0.2, 0) is 6.42 Å². The molecule has 0 saturated carbocycles. The Morgan fingerprint density at radius 1 is 1.18 bits per heavy atom. The minimum atomic E-state index is -0.639.